The van der Waals surface area contributed by atoms with Crippen molar-refractivity contribution in [3.05, 3.63) is 28.3 Å². The highest BCUT2D eigenvalue weighted by Gasteiger charge is 2.31. The zero-order chi connectivity index (χ0) is 15.0. The molecule has 0 radical (unpaired) electrons. The van der Waals surface area contributed by atoms with Crippen molar-refractivity contribution in [2.75, 3.05) is 6.61 Å². The molecule has 3 heteroatoms. The summed E-state index contributed by atoms with van der Waals surface area (Å²) in [6.45, 7) is 5.45. The number of rotatable bonds is 3. The van der Waals surface area contributed by atoms with E-state index < -0.39 is 0 Å². The van der Waals surface area contributed by atoms with Crippen molar-refractivity contribution < 1.29 is 4.74 Å². The highest BCUT2D eigenvalue weighted by molar-refractivity contribution is 6.30. The van der Waals surface area contributed by atoms with Crippen molar-refractivity contribution in [1.82, 2.24) is 0 Å². The molecule has 1 heterocycles. The van der Waals surface area contributed by atoms with Gasteiger partial charge in [0.25, 0.3) is 0 Å². The van der Waals surface area contributed by atoms with Crippen LogP contribution in [0.1, 0.15) is 44.2 Å². The number of nitrogens with two attached hydrogens (primary N) is 1. The monoisotopic (exact) mass is 307 g/mol. The van der Waals surface area contributed by atoms with Gasteiger partial charge in [-0.05, 0) is 66.7 Å². The fourth-order valence-corrected chi connectivity index (χ4v) is 4.21. The average Bonchev–Trinajstić information content (AvgIpc) is 2.89. The normalized spacial score (nSPS) is 28.5. The van der Waals surface area contributed by atoms with Crippen LogP contribution in [0.5, 0.6) is 5.75 Å². The van der Waals surface area contributed by atoms with Crippen LogP contribution in [-0.2, 0) is 12.8 Å². The minimum absolute atomic E-state index is 0.316. The number of hydrogen-bond donors (Lipinski definition) is 1. The molecule has 0 aromatic heterocycles. The molecule has 1 saturated carbocycles. The Morgan fingerprint density at radius 2 is 2.14 bits per heavy atom. The van der Waals surface area contributed by atoms with Gasteiger partial charge >= 0.3 is 0 Å². The van der Waals surface area contributed by atoms with Gasteiger partial charge < -0.3 is 10.5 Å². The highest BCUT2D eigenvalue weighted by atomic mass is 35.5. The topological polar surface area (TPSA) is 35.2 Å². The van der Waals surface area contributed by atoms with Crippen LogP contribution >= 0.6 is 11.6 Å². The van der Waals surface area contributed by atoms with Gasteiger partial charge in [0.1, 0.15) is 5.75 Å². The van der Waals surface area contributed by atoms with Crippen LogP contribution in [-0.4, -0.2) is 12.6 Å². The summed E-state index contributed by atoms with van der Waals surface area (Å²) in [5.41, 5.74) is 8.93. The maximum Gasteiger partial charge on any atom is 0.125 e. The summed E-state index contributed by atoms with van der Waals surface area (Å²) in [5, 5.41) is 0.832. The van der Waals surface area contributed by atoms with E-state index in [0.717, 1.165) is 48.5 Å². The summed E-state index contributed by atoms with van der Waals surface area (Å²) in [7, 11) is 0. The molecule has 3 atom stereocenters. The number of benzene rings is 1. The van der Waals surface area contributed by atoms with Gasteiger partial charge in [-0.2, -0.15) is 0 Å². The molecular weight excluding hydrogens is 282 g/mol. The standard InChI is InChI=1S/C18H26ClNO/c1-11(2)12-3-4-17(20)14(7-12)8-15-10-16(19)9-13-5-6-21-18(13)15/h9-12,14,17H,3-8,20H2,1-2H3. The van der Waals surface area contributed by atoms with E-state index in [2.05, 4.69) is 19.9 Å². The molecule has 1 aliphatic heterocycles. The van der Waals surface area contributed by atoms with Crippen molar-refractivity contribution in [3.8, 4) is 5.75 Å². The molecule has 0 bridgehead atoms. The minimum atomic E-state index is 0.316. The Hall–Kier alpha value is -0.730. The fraction of sp³-hybridized carbons (Fsp3) is 0.667. The Morgan fingerprint density at radius 3 is 2.90 bits per heavy atom. The van der Waals surface area contributed by atoms with Crippen LogP contribution in [0.3, 0.4) is 0 Å². The van der Waals surface area contributed by atoms with Crippen molar-refractivity contribution in [1.29, 1.82) is 0 Å². The molecule has 1 aromatic rings. The fourth-order valence-electron chi connectivity index (χ4n) is 3.94. The average molecular weight is 308 g/mol. The summed E-state index contributed by atoms with van der Waals surface area (Å²) >= 11 is 6.27. The Labute approximate surface area is 133 Å². The van der Waals surface area contributed by atoms with E-state index in [0.29, 0.717) is 12.0 Å². The van der Waals surface area contributed by atoms with E-state index in [-0.39, 0.29) is 0 Å². The lowest BCUT2D eigenvalue weighted by molar-refractivity contribution is 0.188. The maximum absolute atomic E-state index is 6.40. The van der Waals surface area contributed by atoms with Gasteiger partial charge in [-0.1, -0.05) is 25.4 Å². The molecule has 0 saturated heterocycles. The SMILES string of the molecule is CC(C)C1CCC(N)C(Cc2cc(Cl)cc3c2OCC3)C1. The van der Waals surface area contributed by atoms with E-state index in [4.69, 9.17) is 22.1 Å². The van der Waals surface area contributed by atoms with Crippen LogP contribution in [0.15, 0.2) is 12.1 Å². The second kappa shape index (κ2) is 6.18. The van der Waals surface area contributed by atoms with E-state index in [1.165, 1.54) is 24.0 Å². The Balaban J connectivity index is 1.79. The van der Waals surface area contributed by atoms with E-state index in [1.54, 1.807) is 0 Å². The van der Waals surface area contributed by atoms with Crippen LogP contribution in [0, 0.1) is 17.8 Å². The van der Waals surface area contributed by atoms with Crippen LogP contribution in [0.25, 0.3) is 0 Å². The molecule has 2 aliphatic rings. The van der Waals surface area contributed by atoms with Gasteiger partial charge in [-0.3, -0.25) is 0 Å². The van der Waals surface area contributed by atoms with Crippen molar-refractivity contribution in [2.24, 2.45) is 23.5 Å². The summed E-state index contributed by atoms with van der Waals surface area (Å²) in [6, 6.07) is 4.44. The molecule has 3 unspecified atom stereocenters. The van der Waals surface area contributed by atoms with Gasteiger partial charge in [-0.25, -0.2) is 0 Å². The number of hydrogen-bond acceptors (Lipinski definition) is 2. The first-order valence-electron chi connectivity index (χ1n) is 8.24. The van der Waals surface area contributed by atoms with Gasteiger partial charge in [0.15, 0.2) is 0 Å². The number of halogens is 1. The van der Waals surface area contributed by atoms with Crippen molar-refractivity contribution >= 4 is 11.6 Å². The predicted molar refractivity (Wildman–Crippen MR) is 88.0 cm³/mol. The van der Waals surface area contributed by atoms with E-state index in [9.17, 15) is 0 Å². The third-order valence-electron chi connectivity index (χ3n) is 5.33. The molecule has 3 rings (SSSR count). The summed E-state index contributed by atoms with van der Waals surface area (Å²) in [6.07, 6.45) is 5.65. The van der Waals surface area contributed by atoms with Crippen LogP contribution in [0.4, 0.5) is 0 Å². The Morgan fingerprint density at radius 1 is 1.33 bits per heavy atom. The second-order valence-corrected chi connectivity index (χ2v) is 7.53. The first-order chi connectivity index (χ1) is 10.0. The Bertz CT molecular complexity index is 514. The molecule has 1 fully saturated rings. The lowest BCUT2D eigenvalue weighted by atomic mass is 9.72. The lowest BCUT2D eigenvalue weighted by Gasteiger charge is -2.36. The first kappa shape index (κ1) is 15.2. The van der Waals surface area contributed by atoms with Crippen LogP contribution < -0.4 is 10.5 Å². The number of ether oxygens (including phenoxy) is 1. The lowest BCUT2D eigenvalue weighted by Crippen LogP contribution is -2.38. The summed E-state index contributed by atoms with van der Waals surface area (Å²) in [4.78, 5) is 0. The Kier molecular flexibility index (Phi) is 4.46. The van der Waals surface area contributed by atoms with E-state index >= 15 is 0 Å². The summed E-state index contributed by atoms with van der Waals surface area (Å²) < 4.78 is 5.84. The minimum Gasteiger partial charge on any atom is -0.493 e. The van der Waals surface area contributed by atoms with E-state index in [1.807, 2.05) is 6.07 Å². The third kappa shape index (κ3) is 3.22. The largest absolute Gasteiger partial charge is 0.493 e. The second-order valence-electron chi connectivity index (χ2n) is 7.10. The smallest absolute Gasteiger partial charge is 0.125 e. The maximum atomic E-state index is 6.40. The van der Waals surface area contributed by atoms with Crippen molar-refractivity contribution in [3.63, 3.8) is 0 Å². The molecule has 2 N–H and O–H groups in total. The first-order valence-corrected chi connectivity index (χ1v) is 8.62. The van der Waals surface area contributed by atoms with Gasteiger partial charge in [-0.15, -0.1) is 0 Å². The van der Waals surface area contributed by atoms with Gasteiger partial charge in [0.2, 0.25) is 0 Å². The zero-order valence-corrected chi connectivity index (χ0v) is 13.8. The highest BCUT2D eigenvalue weighted by Crippen LogP contribution is 2.39. The zero-order valence-electron chi connectivity index (χ0n) is 13.1. The summed E-state index contributed by atoms with van der Waals surface area (Å²) in [5.74, 6) is 3.19. The molecule has 21 heavy (non-hydrogen) atoms. The molecular formula is C18H26ClNO. The van der Waals surface area contributed by atoms with Crippen molar-refractivity contribution in [2.45, 2.75) is 52.0 Å². The predicted octanol–water partition coefficient (Wildman–Crippen LogP) is 4.22. The molecule has 2 nitrogen and oxygen atoms in total. The third-order valence-corrected chi connectivity index (χ3v) is 5.55. The molecule has 1 aromatic carbocycles. The van der Waals surface area contributed by atoms with Crippen LogP contribution in [0.2, 0.25) is 5.02 Å². The molecule has 116 valence electrons. The molecule has 0 spiro atoms. The number of fused-ring (bicyclic) bond motifs is 1. The van der Waals surface area contributed by atoms with Gasteiger partial charge in [0, 0.05) is 17.5 Å². The quantitative estimate of drug-likeness (QED) is 0.907. The molecule has 0 amide bonds. The molecule has 1 aliphatic carbocycles. The van der Waals surface area contributed by atoms with Gasteiger partial charge in [0.05, 0.1) is 6.61 Å².